The molecule has 0 radical (unpaired) electrons. The number of carbonyl (C=O) groups excluding carboxylic acids is 1. The Bertz CT molecular complexity index is 153. The van der Waals surface area contributed by atoms with Crippen LogP contribution >= 0.6 is 0 Å². The van der Waals surface area contributed by atoms with Gasteiger partial charge in [0.2, 0.25) is 5.91 Å². The van der Waals surface area contributed by atoms with E-state index in [4.69, 9.17) is 5.73 Å². The molecule has 3 heteroatoms. The molecule has 12 heavy (non-hydrogen) atoms. The van der Waals surface area contributed by atoms with Gasteiger partial charge >= 0.3 is 0 Å². The van der Waals surface area contributed by atoms with Crippen molar-refractivity contribution in [2.45, 2.75) is 26.2 Å². The van der Waals surface area contributed by atoms with Gasteiger partial charge in [0.1, 0.15) is 0 Å². The molecule has 1 aliphatic rings. The number of hydrogen-bond acceptors (Lipinski definition) is 2. The van der Waals surface area contributed by atoms with Crippen LogP contribution < -0.4 is 11.1 Å². The van der Waals surface area contributed by atoms with Gasteiger partial charge in [-0.3, -0.25) is 4.79 Å². The summed E-state index contributed by atoms with van der Waals surface area (Å²) >= 11 is 0. The van der Waals surface area contributed by atoms with Crippen LogP contribution in [0.15, 0.2) is 0 Å². The van der Waals surface area contributed by atoms with Crippen LogP contribution in [0.4, 0.5) is 0 Å². The Labute approximate surface area is 73.7 Å². The predicted molar refractivity (Wildman–Crippen MR) is 48.6 cm³/mol. The lowest BCUT2D eigenvalue weighted by atomic mass is 9.84. The van der Waals surface area contributed by atoms with Crippen molar-refractivity contribution in [1.82, 2.24) is 5.32 Å². The molecule has 1 rings (SSSR count). The van der Waals surface area contributed by atoms with Crippen molar-refractivity contribution in [3.8, 4) is 0 Å². The fourth-order valence-corrected chi connectivity index (χ4v) is 1.99. The van der Waals surface area contributed by atoms with E-state index in [0.29, 0.717) is 5.92 Å². The van der Waals surface area contributed by atoms with Gasteiger partial charge in [-0.2, -0.15) is 0 Å². The molecule has 0 spiro atoms. The number of nitrogens with one attached hydrogen (secondary N) is 1. The molecule has 0 bridgehead atoms. The summed E-state index contributed by atoms with van der Waals surface area (Å²) in [6.07, 6.45) is 3.20. The molecule has 1 aliphatic heterocycles. The third-order valence-electron chi connectivity index (χ3n) is 2.71. The van der Waals surface area contributed by atoms with Gasteiger partial charge < -0.3 is 11.1 Å². The molecule has 1 unspecified atom stereocenters. The van der Waals surface area contributed by atoms with Gasteiger partial charge in [-0.15, -0.1) is 0 Å². The molecule has 1 fully saturated rings. The maximum atomic E-state index is 11.0. The molecular formula is C9H18N2O. The van der Waals surface area contributed by atoms with Crippen LogP contribution in [0.25, 0.3) is 0 Å². The number of hydrogen-bond donors (Lipinski definition) is 2. The van der Waals surface area contributed by atoms with Crippen LogP contribution in [0.2, 0.25) is 0 Å². The van der Waals surface area contributed by atoms with Crippen molar-refractivity contribution in [1.29, 1.82) is 0 Å². The van der Waals surface area contributed by atoms with E-state index < -0.39 is 0 Å². The highest BCUT2D eigenvalue weighted by Crippen LogP contribution is 2.22. The first kappa shape index (κ1) is 9.52. The zero-order valence-corrected chi connectivity index (χ0v) is 7.68. The van der Waals surface area contributed by atoms with Crippen LogP contribution in [-0.4, -0.2) is 19.0 Å². The summed E-state index contributed by atoms with van der Waals surface area (Å²) in [5, 5.41) is 3.30. The lowest BCUT2D eigenvalue weighted by Crippen LogP contribution is -2.39. The molecule has 0 aromatic rings. The number of piperidine rings is 1. The maximum absolute atomic E-state index is 11.0. The van der Waals surface area contributed by atoms with Crippen molar-refractivity contribution in [2.24, 2.45) is 17.6 Å². The summed E-state index contributed by atoms with van der Waals surface area (Å²) in [6, 6.07) is 0. The minimum Gasteiger partial charge on any atom is -0.369 e. The minimum atomic E-state index is -0.133. The van der Waals surface area contributed by atoms with E-state index >= 15 is 0 Å². The van der Waals surface area contributed by atoms with Crippen molar-refractivity contribution < 1.29 is 4.79 Å². The lowest BCUT2D eigenvalue weighted by Gasteiger charge is -2.27. The third kappa shape index (κ3) is 2.21. The predicted octanol–water partition coefficient (Wildman–Crippen LogP) is 0.498. The second kappa shape index (κ2) is 4.45. The number of primary amides is 1. The number of carbonyl (C=O) groups is 1. The van der Waals surface area contributed by atoms with Gasteiger partial charge in [0.05, 0.1) is 0 Å². The van der Waals surface area contributed by atoms with Gasteiger partial charge in [0, 0.05) is 5.92 Å². The molecule has 1 heterocycles. The first-order valence-electron chi connectivity index (χ1n) is 4.75. The fraction of sp³-hybridized carbons (Fsp3) is 0.889. The molecule has 1 saturated heterocycles. The van der Waals surface area contributed by atoms with Crippen LogP contribution in [0.1, 0.15) is 26.2 Å². The van der Waals surface area contributed by atoms with E-state index in [9.17, 15) is 4.79 Å². The average Bonchev–Trinajstić information content (AvgIpc) is 2.07. The highest BCUT2D eigenvalue weighted by molar-refractivity contribution is 5.76. The van der Waals surface area contributed by atoms with Gasteiger partial charge in [0.15, 0.2) is 0 Å². The monoisotopic (exact) mass is 170 g/mol. The minimum absolute atomic E-state index is 0.0813. The quantitative estimate of drug-likeness (QED) is 0.648. The zero-order chi connectivity index (χ0) is 8.97. The Morgan fingerprint density at radius 1 is 1.75 bits per heavy atom. The Morgan fingerprint density at radius 2 is 2.50 bits per heavy atom. The van der Waals surface area contributed by atoms with Crippen molar-refractivity contribution in [3.63, 3.8) is 0 Å². The molecule has 0 aromatic heterocycles. The summed E-state index contributed by atoms with van der Waals surface area (Å²) in [5.41, 5.74) is 5.31. The van der Waals surface area contributed by atoms with E-state index in [2.05, 4.69) is 5.32 Å². The summed E-state index contributed by atoms with van der Waals surface area (Å²) in [4.78, 5) is 11.0. The summed E-state index contributed by atoms with van der Waals surface area (Å²) in [6.45, 7) is 4.08. The lowest BCUT2D eigenvalue weighted by molar-refractivity contribution is -0.123. The third-order valence-corrected chi connectivity index (χ3v) is 2.71. The highest BCUT2D eigenvalue weighted by atomic mass is 16.1. The molecule has 0 saturated carbocycles. The van der Waals surface area contributed by atoms with E-state index in [1.54, 1.807) is 0 Å². The summed E-state index contributed by atoms with van der Waals surface area (Å²) in [5.74, 6) is 0.422. The Kier molecular flexibility index (Phi) is 3.53. The molecule has 0 aromatic carbocycles. The Morgan fingerprint density at radius 3 is 2.92 bits per heavy atom. The summed E-state index contributed by atoms with van der Waals surface area (Å²) < 4.78 is 0. The van der Waals surface area contributed by atoms with E-state index in [-0.39, 0.29) is 11.8 Å². The van der Waals surface area contributed by atoms with E-state index in [0.717, 1.165) is 25.9 Å². The van der Waals surface area contributed by atoms with Crippen LogP contribution in [-0.2, 0) is 4.79 Å². The van der Waals surface area contributed by atoms with Crippen molar-refractivity contribution >= 4 is 5.91 Å². The van der Waals surface area contributed by atoms with Gasteiger partial charge in [0.25, 0.3) is 0 Å². The standard InChI is InChI=1S/C9H18N2O/c1-2-8(9(10)12)7-4-3-5-11-6-7/h7-8,11H,2-6H2,1H3,(H2,10,12)/t7-,8?/m1/s1. The Hall–Kier alpha value is -0.570. The zero-order valence-electron chi connectivity index (χ0n) is 7.68. The van der Waals surface area contributed by atoms with Crippen molar-refractivity contribution in [2.75, 3.05) is 13.1 Å². The van der Waals surface area contributed by atoms with E-state index in [1.807, 2.05) is 6.92 Å². The molecular weight excluding hydrogens is 152 g/mol. The van der Waals surface area contributed by atoms with Gasteiger partial charge in [-0.1, -0.05) is 6.92 Å². The smallest absolute Gasteiger partial charge is 0.220 e. The van der Waals surface area contributed by atoms with E-state index in [1.165, 1.54) is 6.42 Å². The molecule has 1 amide bonds. The average molecular weight is 170 g/mol. The number of amides is 1. The first-order valence-corrected chi connectivity index (χ1v) is 4.75. The SMILES string of the molecule is CCC(C(N)=O)[C@@H]1CCCNC1. The molecule has 70 valence electrons. The molecule has 0 aliphatic carbocycles. The van der Waals surface area contributed by atoms with Crippen LogP contribution in [0.3, 0.4) is 0 Å². The van der Waals surface area contributed by atoms with Gasteiger partial charge in [-0.05, 0) is 38.3 Å². The van der Waals surface area contributed by atoms with Crippen molar-refractivity contribution in [3.05, 3.63) is 0 Å². The first-order chi connectivity index (χ1) is 5.75. The normalized spacial score (nSPS) is 26.6. The van der Waals surface area contributed by atoms with Gasteiger partial charge in [-0.25, -0.2) is 0 Å². The second-order valence-corrected chi connectivity index (χ2v) is 3.52. The van der Waals surface area contributed by atoms with Crippen LogP contribution in [0, 0.1) is 11.8 Å². The molecule has 2 atom stereocenters. The highest BCUT2D eigenvalue weighted by Gasteiger charge is 2.25. The summed E-state index contributed by atoms with van der Waals surface area (Å²) in [7, 11) is 0. The maximum Gasteiger partial charge on any atom is 0.220 e. The molecule has 3 nitrogen and oxygen atoms in total. The fourth-order valence-electron chi connectivity index (χ4n) is 1.99. The largest absolute Gasteiger partial charge is 0.369 e. The number of rotatable bonds is 3. The molecule has 3 N–H and O–H groups in total. The Balaban J connectivity index is 2.46. The topological polar surface area (TPSA) is 55.1 Å². The second-order valence-electron chi connectivity index (χ2n) is 3.52. The number of nitrogens with two attached hydrogens (primary N) is 1. The van der Waals surface area contributed by atoms with Crippen LogP contribution in [0.5, 0.6) is 0 Å².